The summed E-state index contributed by atoms with van der Waals surface area (Å²) in [6.45, 7) is 2.26. The summed E-state index contributed by atoms with van der Waals surface area (Å²) in [5, 5.41) is 0.820. The molecule has 2 heteroatoms. The van der Waals surface area contributed by atoms with Crippen molar-refractivity contribution in [3.8, 4) is 0 Å². The molecule has 0 amide bonds. The van der Waals surface area contributed by atoms with Crippen molar-refractivity contribution in [3.05, 3.63) is 34.9 Å². The molecule has 1 rings (SSSR count). The molecular formula is C16H24BrCl. The van der Waals surface area contributed by atoms with Crippen molar-refractivity contribution in [1.82, 2.24) is 0 Å². The largest absolute Gasteiger partial charge is 0.0887 e. The Morgan fingerprint density at radius 3 is 2.28 bits per heavy atom. The highest BCUT2D eigenvalue weighted by atomic mass is 79.9. The first kappa shape index (κ1) is 16.0. The van der Waals surface area contributed by atoms with E-state index in [-0.39, 0.29) is 0 Å². The first-order valence-corrected chi connectivity index (χ1v) is 8.40. The van der Waals surface area contributed by atoms with Gasteiger partial charge in [-0.15, -0.1) is 0 Å². The average Bonchev–Trinajstić information content (AvgIpc) is 2.36. The van der Waals surface area contributed by atoms with Crippen LogP contribution >= 0.6 is 27.5 Å². The van der Waals surface area contributed by atoms with Gasteiger partial charge in [0.05, 0.1) is 0 Å². The molecule has 0 nitrogen and oxygen atoms in total. The van der Waals surface area contributed by atoms with E-state index in [1.165, 1.54) is 50.5 Å². The Morgan fingerprint density at radius 2 is 1.61 bits per heavy atom. The first-order valence-electron chi connectivity index (χ1n) is 7.11. The number of rotatable bonds is 9. The summed E-state index contributed by atoms with van der Waals surface area (Å²) in [5.74, 6) is 0. The molecule has 1 aromatic rings. The van der Waals surface area contributed by atoms with Crippen LogP contribution in [0.5, 0.6) is 0 Å². The van der Waals surface area contributed by atoms with Gasteiger partial charge in [-0.2, -0.15) is 0 Å². The fraction of sp³-hybridized carbons (Fsp3) is 0.625. The predicted octanol–water partition coefficient (Wildman–Crippen LogP) is 6.40. The van der Waals surface area contributed by atoms with Crippen LogP contribution in [0.2, 0.25) is 5.02 Å². The molecule has 18 heavy (non-hydrogen) atoms. The molecule has 0 fully saturated rings. The zero-order valence-corrected chi connectivity index (χ0v) is 13.6. The van der Waals surface area contributed by atoms with Gasteiger partial charge in [0.2, 0.25) is 0 Å². The lowest BCUT2D eigenvalue weighted by Crippen LogP contribution is -2.02. The quantitative estimate of drug-likeness (QED) is 0.363. The van der Waals surface area contributed by atoms with Gasteiger partial charge in [0.1, 0.15) is 0 Å². The third-order valence-electron chi connectivity index (χ3n) is 3.24. The molecule has 0 N–H and O–H groups in total. The number of alkyl halides is 1. The number of halogens is 2. The molecule has 0 bridgehead atoms. The van der Waals surface area contributed by atoms with Crippen molar-refractivity contribution in [1.29, 1.82) is 0 Å². The monoisotopic (exact) mass is 330 g/mol. The van der Waals surface area contributed by atoms with Gasteiger partial charge < -0.3 is 0 Å². The molecule has 0 aromatic heterocycles. The van der Waals surface area contributed by atoms with Crippen LogP contribution in [0.25, 0.3) is 0 Å². The Morgan fingerprint density at radius 1 is 1.00 bits per heavy atom. The highest BCUT2D eigenvalue weighted by molar-refractivity contribution is 9.09. The van der Waals surface area contributed by atoms with E-state index in [0.717, 1.165) is 11.4 Å². The highest BCUT2D eigenvalue weighted by Gasteiger charge is 2.05. The molecule has 0 saturated heterocycles. The molecule has 0 aliphatic heterocycles. The Balaban J connectivity index is 2.10. The lowest BCUT2D eigenvalue weighted by atomic mass is 10.0. The summed E-state index contributed by atoms with van der Waals surface area (Å²) >= 11 is 9.66. The van der Waals surface area contributed by atoms with E-state index in [2.05, 4.69) is 35.0 Å². The van der Waals surface area contributed by atoms with Crippen LogP contribution in [0.4, 0.5) is 0 Å². The van der Waals surface area contributed by atoms with Crippen molar-refractivity contribution >= 4 is 27.5 Å². The zero-order valence-electron chi connectivity index (χ0n) is 11.3. The van der Waals surface area contributed by atoms with Crippen LogP contribution in [0.3, 0.4) is 0 Å². The number of unbranched alkanes of at least 4 members (excludes halogenated alkanes) is 5. The SMILES string of the molecule is CCCCCCCCC(Br)Cc1ccc(Cl)cc1. The van der Waals surface area contributed by atoms with Crippen LogP contribution in [0.1, 0.15) is 57.4 Å². The minimum Gasteiger partial charge on any atom is -0.0887 e. The maximum atomic E-state index is 5.88. The third-order valence-corrected chi connectivity index (χ3v) is 4.27. The summed E-state index contributed by atoms with van der Waals surface area (Å²) < 4.78 is 0. The summed E-state index contributed by atoms with van der Waals surface area (Å²) in [6, 6.07) is 8.19. The summed E-state index contributed by atoms with van der Waals surface area (Å²) in [5.41, 5.74) is 1.37. The second kappa shape index (κ2) is 9.86. The van der Waals surface area contributed by atoms with E-state index in [9.17, 15) is 0 Å². The first-order chi connectivity index (χ1) is 8.72. The second-order valence-electron chi connectivity index (χ2n) is 4.98. The maximum Gasteiger partial charge on any atom is 0.0406 e. The van der Waals surface area contributed by atoms with Gasteiger partial charge in [-0.1, -0.05) is 85.1 Å². The highest BCUT2D eigenvalue weighted by Crippen LogP contribution is 2.19. The van der Waals surface area contributed by atoms with Crippen LogP contribution in [0, 0.1) is 0 Å². The summed E-state index contributed by atoms with van der Waals surface area (Å²) in [4.78, 5) is 0.602. The molecule has 0 saturated carbocycles. The van der Waals surface area contributed by atoms with Gasteiger partial charge in [0.25, 0.3) is 0 Å². The summed E-state index contributed by atoms with van der Waals surface area (Å²) in [6.07, 6.45) is 10.6. The number of hydrogen-bond acceptors (Lipinski definition) is 0. The fourth-order valence-corrected chi connectivity index (χ4v) is 2.95. The standard InChI is InChI=1S/C16H24BrCl/c1-2-3-4-5-6-7-8-15(17)13-14-9-11-16(18)12-10-14/h9-12,15H,2-8,13H2,1H3. The molecule has 1 unspecified atom stereocenters. The molecule has 0 heterocycles. The molecule has 0 aliphatic rings. The van der Waals surface area contributed by atoms with Gasteiger partial charge in [0, 0.05) is 9.85 Å². The summed E-state index contributed by atoms with van der Waals surface area (Å²) in [7, 11) is 0. The van der Waals surface area contributed by atoms with Crippen LogP contribution < -0.4 is 0 Å². The lowest BCUT2D eigenvalue weighted by Gasteiger charge is -2.09. The topological polar surface area (TPSA) is 0 Å². The van der Waals surface area contributed by atoms with Gasteiger partial charge >= 0.3 is 0 Å². The van der Waals surface area contributed by atoms with Crippen LogP contribution in [-0.4, -0.2) is 4.83 Å². The molecule has 0 spiro atoms. The van der Waals surface area contributed by atoms with E-state index >= 15 is 0 Å². The minimum absolute atomic E-state index is 0.602. The zero-order chi connectivity index (χ0) is 13.2. The van der Waals surface area contributed by atoms with Crippen molar-refractivity contribution in [2.75, 3.05) is 0 Å². The van der Waals surface area contributed by atoms with Gasteiger partial charge in [-0.25, -0.2) is 0 Å². The normalized spacial score (nSPS) is 12.6. The minimum atomic E-state index is 0.602. The van der Waals surface area contributed by atoms with Gasteiger partial charge in [-0.3, -0.25) is 0 Å². The van der Waals surface area contributed by atoms with E-state index in [1.807, 2.05) is 12.1 Å². The Bertz CT molecular complexity index is 307. The van der Waals surface area contributed by atoms with Crippen molar-refractivity contribution in [3.63, 3.8) is 0 Å². The average molecular weight is 332 g/mol. The smallest absolute Gasteiger partial charge is 0.0406 e. The van der Waals surface area contributed by atoms with E-state index in [0.29, 0.717) is 4.83 Å². The van der Waals surface area contributed by atoms with E-state index in [1.54, 1.807) is 0 Å². The molecule has 1 atom stereocenters. The van der Waals surface area contributed by atoms with Crippen molar-refractivity contribution in [2.24, 2.45) is 0 Å². The van der Waals surface area contributed by atoms with E-state index < -0.39 is 0 Å². The van der Waals surface area contributed by atoms with Gasteiger partial charge in [0.15, 0.2) is 0 Å². The van der Waals surface area contributed by atoms with Crippen LogP contribution in [-0.2, 0) is 6.42 Å². The molecule has 0 aliphatic carbocycles. The lowest BCUT2D eigenvalue weighted by molar-refractivity contribution is 0.583. The fourth-order valence-electron chi connectivity index (χ4n) is 2.12. The number of benzene rings is 1. The van der Waals surface area contributed by atoms with Crippen LogP contribution in [0.15, 0.2) is 24.3 Å². The van der Waals surface area contributed by atoms with E-state index in [4.69, 9.17) is 11.6 Å². The number of hydrogen-bond donors (Lipinski definition) is 0. The third kappa shape index (κ3) is 7.43. The molecule has 102 valence electrons. The molecular weight excluding hydrogens is 308 g/mol. The Kier molecular flexibility index (Phi) is 8.79. The molecule has 0 radical (unpaired) electrons. The Hall–Kier alpha value is -0.0100. The van der Waals surface area contributed by atoms with Gasteiger partial charge in [-0.05, 0) is 30.5 Å². The Labute approximate surface area is 125 Å². The predicted molar refractivity (Wildman–Crippen MR) is 85.9 cm³/mol. The molecule has 1 aromatic carbocycles. The van der Waals surface area contributed by atoms with Crippen molar-refractivity contribution in [2.45, 2.75) is 63.1 Å². The maximum absolute atomic E-state index is 5.88. The second-order valence-corrected chi connectivity index (χ2v) is 6.72. The van der Waals surface area contributed by atoms with Crippen molar-refractivity contribution < 1.29 is 0 Å².